The Kier molecular flexibility index (Phi) is 7.26. The molecular weight excluding hydrogens is 701 g/mol. The minimum Gasteiger partial charge on any atom is -0.309 e. The van der Waals surface area contributed by atoms with Crippen molar-refractivity contribution in [1.29, 1.82) is 0 Å². The Morgan fingerprint density at radius 3 is 1.43 bits per heavy atom. The first-order valence-electron chi connectivity index (χ1n) is 20.0. The van der Waals surface area contributed by atoms with Gasteiger partial charge in [-0.25, -0.2) is 0 Å². The maximum absolute atomic E-state index is 2.47. The SMILES string of the molecule is c1ccc(-c2ccc(-n3c4ccccc4c4cc(-c5ccc6c(c5)c5ccccc5n6-c5ccccc5-c5cc6ccccc6c6ccccc56)ccc43)cc2)cc1. The summed E-state index contributed by atoms with van der Waals surface area (Å²) >= 11 is 0. The summed E-state index contributed by atoms with van der Waals surface area (Å²) < 4.78 is 4.86. The van der Waals surface area contributed by atoms with Gasteiger partial charge in [0.2, 0.25) is 0 Å². The van der Waals surface area contributed by atoms with E-state index >= 15 is 0 Å². The first-order valence-corrected chi connectivity index (χ1v) is 20.0. The van der Waals surface area contributed by atoms with Gasteiger partial charge in [-0.2, -0.15) is 0 Å². The van der Waals surface area contributed by atoms with Crippen LogP contribution < -0.4 is 0 Å². The van der Waals surface area contributed by atoms with Crippen molar-refractivity contribution in [2.24, 2.45) is 0 Å². The van der Waals surface area contributed by atoms with Crippen molar-refractivity contribution in [1.82, 2.24) is 9.13 Å². The Morgan fingerprint density at radius 2 is 0.724 bits per heavy atom. The molecule has 0 aliphatic rings. The van der Waals surface area contributed by atoms with Gasteiger partial charge in [-0.1, -0.05) is 158 Å². The molecule has 0 aliphatic carbocycles. The molecule has 0 bridgehead atoms. The van der Waals surface area contributed by atoms with Crippen molar-refractivity contribution in [3.8, 4) is 44.8 Å². The van der Waals surface area contributed by atoms with Gasteiger partial charge in [0.1, 0.15) is 0 Å². The zero-order chi connectivity index (χ0) is 38.2. The van der Waals surface area contributed by atoms with Crippen LogP contribution in [0.25, 0.3) is 110 Å². The molecule has 10 aromatic carbocycles. The van der Waals surface area contributed by atoms with E-state index in [9.17, 15) is 0 Å². The van der Waals surface area contributed by atoms with Gasteiger partial charge in [0.25, 0.3) is 0 Å². The van der Waals surface area contributed by atoms with Crippen LogP contribution in [0.1, 0.15) is 0 Å². The van der Waals surface area contributed by atoms with Crippen LogP contribution in [0.2, 0.25) is 0 Å². The highest BCUT2D eigenvalue weighted by Crippen LogP contribution is 2.42. The maximum Gasteiger partial charge on any atom is 0.0541 e. The fraction of sp³-hybridized carbons (Fsp3) is 0. The molecule has 2 aromatic heterocycles. The minimum absolute atomic E-state index is 1.16. The van der Waals surface area contributed by atoms with E-state index in [4.69, 9.17) is 0 Å². The number of rotatable bonds is 5. The van der Waals surface area contributed by atoms with Crippen LogP contribution in [0.4, 0.5) is 0 Å². The van der Waals surface area contributed by atoms with Gasteiger partial charge in [0.15, 0.2) is 0 Å². The van der Waals surface area contributed by atoms with Gasteiger partial charge in [-0.3, -0.25) is 0 Å². The fourth-order valence-electron chi connectivity index (χ4n) is 9.45. The molecule has 2 heterocycles. The number of nitrogens with zero attached hydrogens (tertiary/aromatic N) is 2. The number of fused-ring (bicyclic) bond motifs is 9. The molecule has 0 N–H and O–H groups in total. The van der Waals surface area contributed by atoms with Crippen LogP contribution in [0.5, 0.6) is 0 Å². The fourth-order valence-corrected chi connectivity index (χ4v) is 9.45. The summed E-state index contributed by atoms with van der Waals surface area (Å²) in [6, 6.07) is 80.0. The predicted molar refractivity (Wildman–Crippen MR) is 246 cm³/mol. The van der Waals surface area contributed by atoms with Crippen LogP contribution in [0.3, 0.4) is 0 Å². The smallest absolute Gasteiger partial charge is 0.0541 e. The van der Waals surface area contributed by atoms with E-state index in [1.165, 1.54) is 104 Å². The number of para-hydroxylation sites is 3. The van der Waals surface area contributed by atoms with Crippen molar-refractivity contribution >= 4 is 65.2 Å². The Morgan fingerprint density at radius 1 is 0.241 bits per heavy atom. The summed E-state index contributed by atoms with van der Waals surface area (Å²) in [7, 11) is 0. The van der Waals surface area contributed by atoms with E-state index in [-0.39, 0.29) is 0 Å². The normalized spacial score (nSPS) is 11.8. The topological polar surface area (TPSA) is 9.86 Å². The molecule has 12 aromatic rings. The second-order valence-electron chi connectivity index (χ2n) is 15.3. The number of aromatic nitrogens is 2. The van der Waals surface area contributed by atoms with Crippen LogP contribution in [0.15, 0.2) is 218 Å². The van der Waals surface area contributed by atoms with Crippen LogP contribution in [-0.2, 0) is 0 Å². The van der Waals surface area contributed by atoms with Crippen LogP contribution in [0, 0.1) is 0 Å². The minimum atomic E-state index is 1.16. The standard InChI is InChI=1S/C56H36N2/c1-2-14-37(15-3-1)38-26-30-42(31-27-38)57-52-23-11-9-21-47(52)50-34-39(28-32-55(50)57)40-29-33-56-51(35-40)48-22-10-13-25-54(48)58(56)53-24-12-8-20-46(53)49-36-41-16-4-5-17-43(41)44-18-6-7-19-45(44)49/h1-36H. The summed E-state index contributed by atoms with van der Waals surface area (Å²) in [5, 5.41) is 10.1. The van der Waals surface area contributed by atoms with E-state index in [0.717, 1.165) is 5.69 Å². The second kappa shape index (κ2) is 12.9. The van der Waals surface area contributed by atoms with Gasteiger partial charge < -0.3 is 9.13 Å². The molecule has 0 amide bonds. The molecule has 0 aliphatic heterocycles. The van der Waals surface area contributed by atoms with Crippen molar-refractivity contribution < 1.29 is 0 Å². The molecule has 0 saturated carbocycles. The average molecular weight is 737 g/mol. The zero-order valence-electron chi connectivity index (χ0n) is 31.7. The highest BCUT2D eigenvalue weighted by molar-refractivity contribution is 6.16. The molecule has 0 fully saturated rings. The summed E-state index contributed by atoms with van der Waals surface area (Å²) in [5.74, 6) is 0. The Bertz CT molecular complexity index is 3550. The third kappa shape index (κ3) is 4.99. The lowest BCUT2D eigenvalue weighted by Crippen LogP contribution is -1.97. The molecular formula is C56H36N2. The van der Waals surface area contributed by atoms with E-state index in [2.05, 4.69) is 228 Å². The van der Waals surface area contributed by atoms with E-state index in [0.29, 0.717) is 0 Å². The van der Waals surface area contributed by atoms with Gasteiger partial charge in [0.05, 0.1) is 27.8 Å². The monoisotopic (exact) mass is 736 g/mol. The van der Waals surface area contributed by atoms with Gasteiger partial charge in [-0.05, 0) is 110 Å². The van der Waals surface area contributed by atoms with Crippen LogP contribution >= 0.6 is 0 Å². The largest absolute Gasteiger partial charge is 0.309 e. The Balaban J connectivity index is 1.01. The summed E-state index contributed by atoms with van der Waals surface area (Å²) in [6.07, 6.45) is 0. The molecule has 0 radical (unpaired) electrons. The molecule has 0 unspecified atom stereocenters. The first kappa shape index (κ1) is 32.6. The number of hydrogen-bond donors (Lipinski definition) is 0. The first-order chi connectivity index (χ1) is 28.8. The Labute approximate surface area is 336 Å². The molecule has 0 saturated heterocycles. The molecule has 0 atom stereocenters. The lowest BCUT2D eigenvalue weighted by atomic mass is 9.92. The number of hydrogen-bond acceptors (Lipinski definition) is 0. The summed E-state index contributed by atoms with van der Waals surface area (Å²) in [6.45, 7) is 0. The maximum atomic E-state index is 2.47. The van der Waals surface area contributed by atoms with Gasteiger partial charge in [-0.15, -0.1) is 0 Å². The quantitative estimate of drug-likeness (QED) is 0.156. The molecule has 270 valence electrons. The zero-order valence-corrected chi connectivity index (χ0v) is 31.7. The lowest BCUT2D eigenvalue weighted by molar-refractivity contribution is 1.18. The van der Waals surface area contributed by atoms with Crippen molar-refractivity contribution in [2.45, 2.75) is 0 Å². The van der Waals surface area contributed by atoms with Crippen molar-refractivity contribution in [3.63, 3.8) is 0 Å². The highest BCUT2D eigenvalue weighted by atomic mass is 15.0. The van der Waals surface area contributed by atoms with Crippen LogP contribution in [-0.4, -0.2) is 9.13 Å². The Hall–Kier alpha value is -7.68. The van der Waals surface area contributed by atoms with Gasteiger partial charge >= 0.3 is 0 Å². The predicted octanol–water partition coefficient (Wildman–Crippen LogP) is 15.2. The molecule has 2 nitrogen and oxygen atoms in total. The molecule has 58 heavy (non-hydrogen) atoms. The molecule has 2 heteroatoms. The third-order valence-electron chi connectivity index (χ3n) is 12.1. The van der Waals surface area contributed by atoms with E-state index in [1.807, 2.05) is 0 Å². The highest BCUT2D eigenvalue weighted by Gasteiger charge is 2.19. The van der Waals surface area contributed by atoms with E-state index in [1.54, 1.807) is 0 Å². The summed E-state index contributed by atoms with van der Waals surface area (Å²) in [4.78, 5) is 0. The lowest BCUT2D eigenvalue weighted by Gasteiger charge is -2.17. The molecule has 12 rings (SSSR count). The van der Waals surface area contributed by atoms with Crippen molar-refractivity contribution in [2.75, 3.05) is 0 Å². The average Bonchev–Trinajstić information content (AvgIpc) is 3.81. The molecule has 0 spiro atoms. The summed E-state index contributed by atoms with van der Waals surface area (Å²) in [5.41, 5.74) is 14.4. The second-order valence-corrected chi connectivity index (χ2v) is 15.3. The number of benzene rings is 10. The van der Waals surface area contributed by atoms with Gasteiger partial charge in [0, 0.05) is 32.8 Å². The van der Waals surface area contributed by atoms with Crippen molar-refractivity contribution in [3.05, 3.63) is 218 Å². The van der Waals surface area contributed by atoms with E-state index < -0.39 is 0 Å². The third-order valence-corrected chi connectivity index (χ3v) is 12.1.